The van der Waals surface area contributed by atoms with E-state index in [-0.39, 0.29) is 5.91 Å². The van der Waals surface area contributed by atoms with Crippen molar-refractivity contribution in [3.63, 3.8) is 0 Å². The number of amides is 1. The molecule has 1 aromatic carbocycles. The van der Waals surface area contributed by atoms with Gasteiger partial charge in [0, 0.05) is 30.8 Å². The Balaban J connectivity index is 2.23. The van der Waals surface area contributed by atoms with E-state index in [1.165, 1.54) is 0 Å². The van der Waals surface area contributed by atoms with Crippen LogP contribution in [-0.4, -0.2) is 17.9 Å². The average Bonchev–Trinajstić information content (AvgIpc) is 2.40. The van der Waals surface area contributed by atoms with Gasteiger partial charge in [-0.2, -0.15) is 0 Å². The molecule has 0 aliphatic carbocycles. The van der Waals surface area contributed by atoms with Crippen molar-refractivity contribution < 1.29 is 4.79 Å². The first-order valence-electron chi connectivity index (χ1n) is 5.39. The van der Waals surface area contributed by atoms with E-state index in [0.29, 0.717) is 16.3 Å². The molecule has 0 aliphatic heterocycles. The number of carbonyl (C=O) groups is 1. The monoisotopic (exact) mass is 261 g/mol. The first kappa shape index (κ1) is 12.4. The zero-order valence-electron chi connectivity index (χ0n) is 9.77. The minimum atomic E-state index is -0.247. The molecular formula is C13H12ClN3O. The Kier molecular flexibility index (Phi) is 3.79. The van der Waals surface area contributed by atoms with Gasteiger partial charge in [-0.15, -0.1) is 0 Å². The van der Waals surface area contributed by atoms with Crippen molar-refractivity contribution in [1.29, 1.82) is 0 Å². The molecule has 0 bridgehead atoms. The van der Waals surface area contributed by atoms with Gasteiger partial charge >= 0.3 is 0 Å². The molecule has 0 atom stereocenters. The summed E-state index contributed by atoms with van der Waals surface area (Å²) in [6, 6.07) is 8.64. The van der Waals surface area contributed by atoms with Crippen LogP contribution in [0.3, 0.4) is 0 Å². The molecule has 0 unspecified atom stereocenters. The highest BCUT2D eigenvalue weighted by molar-refractivity contribution is 6.34. The SMILES string of the molecule is CNc1ccc(Cl)c(C(=O)Nc2ccncc2)c1. The maximum Gasteiger partial charge on any atom is 0.257 e. The van der Waals surface area contributed by atoms with Crippen LogP contribution < -0.4 is 10.6 Å². The van der Waals surface area contributed by atoms with E-state index in [9.17, 15) is 4.79 Å². The van der Waals surface area contributed by atoms with Gasteiger partial charge < -0.3 is 10.6 Å². The summed E-state index contributed by atoms with van der Waals surface area (Å²) >= 11 is 6.01. The van der Waals surface area contributed by atoms with Crippen molar-refractivity contribution in [3.8, 4) is 0 Å². The van der Waals surface area contributed by atoms with E-state index in [4.69, 9.17) is 11.6 Å². The fourth-order valence-electron chi connectivity index (χ4n) is 1.49. The van der Waals surface area contributed by atoms with Crippen molar-refractivity contribution >= 4 is 28.9 Å². The number of rotatable bonds is 3. The highest BCUT2D eigenvalue weighted by atomic mass is 35.5. The second-order valence-corrected chi connectivity index (χ2v) is 4.04. The fraction of sp³-hybridized carbons (Fsp3) is 0.0769. The highest BCUT2D eigenvalue weighted by Gasteiger charge is 2.11. The highest BCUT2D eigenvalue weighted by Crippen LogP contribution is 2.21. The van der Waals surface area contributed by atoms with Crippen molar-refractivity contribution in [2.24, 2.45) is 0 Å². The third-order valence-electron chi connectivity index (χ3n) is 2.44. The lowest BCUT2D eigenvalue weighted by Crippen LogP contribution is -2.12. The Morgan fingerprint density at radius 1 is 1.17 bits per heavy atom. The molecule has 0 spiro atoms. The fourth-order valence-corrected chi connectivity index (χ4v) is 1.69. The third kappa shape index (κ3) is 2.78. The Morgan fingerprint density at radius 3 is 2.56 bits per heavy atom. The molecule has 1 amide bonds. The van der Waals surface area contributed by atoms with Gasteiger partial charge in [0.15, 0.2) is 0 Å². The lowest BCUT2D eigenvalue weighted by molar-refractivity contribution is 0.102. The van der Waals surface area contributed by atoms with E-state index in [1.807, 2.05) is 6.07 Å². The quantitative estimate of drug-likeness (QED) is 0.893. The lowest BCUT2D eigenvalue weighted by atomic mass is 10.2. The van der Waals surface area contributed by atoms with Crippen LogP contribution in [0.2, 0.25) is 5.02 Å². The van der Waals surface area contributed by atoms with E-state index < -0.39 is 0 Å². The zero-order valence-corrected chi connectivity index (χ0v) is 10.5. The van der Waals surface area contributed by atoms with Gasteiger partial charge in [0.1, 0.15) is 0 Å². The Bertz CT molecular complexity index is 557. The summed E-state index contributed by atoms with van der Waals surface area (Å²) in [6.07, 6.45) is 3.22. The third-order valence-corrected chi connectivity index (χ3v) is 2.77. The average molecular weight is 262 g/mol. The molecular weight excluding hydrogens is 250 g/mol. The standard InChI is InChI=1S/C13H12ClN3O/c1-15-10-2-3-12(14)11(8-10)13(18)17-9-4-6-16-7-5-9/h2-8,15H,1H3,(H,16,17,18). The van der Waals surface area contributed by atoms with Crippen molar-refractivity contribution in [3.05, 3.63) is 53.3 Å². The van der Waals surface area contributed by atoms with E-state index in [2.05, 4.69) is 15.6 Å². The number of hydrogen-bond acceptors (Lipinski definition) is 3. The van der Waals surface area contributed by atoms with Crippen LogP contribution in [0.4, 0.5) is 11.4 Å². The molecule has 1 heterocycles. The van der Waals surface area contributed by atoms with Crippen molar-refractivity contribution in [1.82, 2.24) is 4.98 Å². The van der Waals surface area contributed by atoms with Gasteiger partial charge in [0.25, 0.3) is 5.91 Å². The minimum Gasteiger partial charge on any atom is -0.388 e. The number of anilines is 2. The van der Waals surface area contributed by atoms with Crippen LogP contribution in [0.15, 0.2) is 42.7 Å². The molecule has 5 heteroatoms. The van der Waals surface area contributed by atoms with Gasteiger partial charge in [0.05, 0.1) is 10.6 Å². The summed E-state index contributed by atoms with van der Waals surface area (Å²) < 4.78 is 0. The van der Waals surface area contributed by atoms with Crippen LogP contribution in [-0.2, 0) is 0 Å². The van der Waals surface area contributed by atoms with Gasteiger partial charge in [0.2, 0.25) is 0 Å². The van der Waals surface area contributed by atoms with E-state index in [0.717, 1.165) is 5.69 Å². The number of benzene rings is 1. The number of nitrogens with zero attached hydrogens (tertiary/aromatic N) is 1. The van der Waals surface area contributed by atoms with E-state index >= 15 is 0 Å². The number of nitrogens with one attached hydrogen (secondary N) is 2. The number of aromatic nitrogens is 1. The van der Waals surface area contributed by atoms with Gasteiger partial charge in [-0.3, -0.25) is 9.78 Å². The molecule has 2 rings (SSSR count). The summed E-state index contributed by atoms with van der Waals surface area (Å²) in [7, 11) is 1.79. The molecule has 0 aliphatic rings. The van der Waals surface area contributed by atoms with E-state index in [1.54, 1.807) is 43.7 Å². The predicted molar refractivity (Wildman–Crippen MR) is 73.2 cm³/mol. The molecule has 2 aromatic rings. The Morgan fingerprint density at radius 2 is 1.89 bits per heavy atom. The maximum absolute atomic E-state index is 12.1. The maximum atomic E-state index is 12.1. The number of pyridine rings is 1. The smallest absolute Gasteiger partial charge is 0.257 e. The van der Waals surface area contributed by atoms with Gasteiger partial charge in [-0.25, -0.2) is 0 Å². The number of halogens is 1. The normalized spacial score (nSPS) is 9.89. The Labute approximate surface area is 110 Å². The number of carbonyl (C=O) groups excluding carboxylic acids is 1. The van der Waals surface area contributed by atoms with Crippen LogP contribution in [0.5, 0.6) is 0 Å². The second kappa shape index (κ2) is 5.51. The lowest BCUT2D eigenvalue weighted by Gasteiger charge is -2.08. The first-order chi connectivity index (χ1) is 8.70. The summed E-state index contributed by atoms with van der Waals surface area (Å²) in [4.78, 5) is 15.9. The summed E-state index contributed by atoms with van der Waals surface area (Å²) in [6.45, 7) is 0. The molecule has 1 aromatic heterocycles. The molecule has 2 N–H and O–H groups in total. The van der Waals surface area contributed by atoms with Crippen molar-refractivity contribution in [2.45, 2.75) is 0 Å². The summed E-state index contributed by atoms with van der Waals surface area (Å²) in [5, 5.41) is 6.14. The first-order valence-corrected chi connectivity index (χ1v) is 5.77. The molecule has 0 radical (unpaired) electrons. The molecule has 0 saturated heterocycles. The topological polar surface area (TPSA) is 54.0 Å². The van der Waals surface area contributed by atoms with Crippen LogP contribution in [0.25, 0.3) is 0 Å². The predicted octanol–water partition coefficient (Wildman–Crippen LogP) is 3.03. The molecule has 0 saturated carbocycles. The van der Waals surface area contributed by atoms with Crippen LogP contribution in [0, 0.1) is 0 Å². The molecule has 4 nitrogen and oxygen atoms in total. The van der Waals surface area contributed by atoms with Gasteiger partial charge in [-0.1, -0.05) is 11.6 Å². The van der Waals surface area contributed by atoms with Crippen LogP contribution in [0.1, 0.15) is 10.4 Å². The number of hydrogen-bond donors (Lipinski definition) is 2. The van der Waals surface area contributed by atoms with Crippen LogP contribution >= 0.6 is 11.6 Å². The second-order valence-electron chi connectivity index (χ2n) is 3.63. The zero-order chi connectivity index (χ0) is 13.0. The molecule has 0 fully saturated rings. The Hall–Kier alpha value is -2.07. The summed E-state index contributed by atoms with van der Waals surface area (Å²) in [5.74, 6) is -0.247. The minimum absolute atomic E-state index is 0.247. The van der Waals surface area contributed by atoms with Crippen molar-refractivity contribution in [2.75, 3.05) is 17.7 Å². The largest absolute Gasteiger partial charge is 0.388 e. The van der Waals surface area contributed by atoms with Gasteiger partial charge in [-0.05, 0) is 30.3 Å². The molecule has 92 valence electrons. The summed E-state index contributed by atoms with van der Waals surface area (Å²) in [5.41, 5.74) is 1.94. The molecule has 18 heavy (non-hydrogen) atoms.